The molecule has 2 aromatic rings. The number of non-ortho nitro benzene ring substituents is 1. The van der Waals surface area contributed by atoms with Crippen molar-refractivity contribution >= 4 is 23.5 Å². The summed E-state index contributed by atoms with van der Waals surface area (Å²) in [6, 6.07) is 11.3. The van der Waals surface area contributed by atoms with E-state index in [4.69, 9.17) is 9.47 Å². The van der Waals surface area contributed by atoms with E-state index in [1.165, 1.54) is 25.3 Å². The number of benzene rings is 2. The Bertz CT molecular complexity index is 994. The maximum atomic E-state index is 12.4. The second kappa shape index (κ2) is 10.5. The SMILES string of the molecule is COC(=O)[C@@H](Cc1ccc(C(=O)OC(C)(C)C)cc1)NC(=O)Cc1cccc([N+](=O)[O-])c1. The summed E-state index contributed by atoms with van der Waals surface area (Å²) in [7, 11) is 1.22. The van der Waals surface area contributed by atoms with Crippen molar-refractivity contribution in [2.45, 2.75) is 45.3 Å². The first-order valence-electron chi connectivity index (χ1n) is 9.91. The van der Waals surface area contributed by atoms with Crippen molar-refractivity contribution in [2.75, 3.05) is 7.11 Å². The van der Waals surface area contributed by atoms with Gasteiger partial charge in [0, 0.05) is 18.6 Å². The van der Waals surface area contributed by atoms with Crippen LogP contribution in [0.15, 0.2) is 48.5 Å². The summed E-state index contributed by atoms with van der Waals surface area (Å²) in [6.45, 7) is 5.32. The number of carbonyl (C=O) groups excluding carboxylic acids is 3. The van der Waals surface area contributed by atoms with Crippen LogP contribution >= 0.6 is 0 Å². The number of methoxy groups -OCH3 is 1. The van der Waals surface area contributed by atoms with E-state index in [1.807, 2.05) is 0 Å². The molecule has 0 saturated heterocycles. The Morgan fingerprint density at radius 2 is 1.72 bits per heavy atom. The lowest BCUT2D eigenvalue weighted by Crippen LogP contribution is -2.43. The van der Waals surface area contributed by atoms with Crippen molar-refractivity contribution in [1.82, 2.24) is 5.32 Å². The zero-order chi connectivity index (χ0) is 23.9. The highest BCUT2D eigenvalue weighted by atomic mass is 16.6. The van der Waals surface area contributed by atoms with Gasteiger partial charge in [0.1, 0.15) is 11.6 Å². The number of nitrogens with one attached hydrogen (secondary N) is 1. The van der Waals surface area contributed by atoms with Crippen LogP contribution in [0.3, 0.4) is 0 Å². The molecule has 0 bridgehead atoms. The molecule has 0 heterocycles. The van der Waals surface area contributed by atoms with Crippen LogP contribution in [0.2, 0.25) is 0 Å². The third-order valence-electron chi connectivity index (χ3n) is 4.34. The van der Waals surface area contributed by atoms with Gasteiger partial charge in [0.05, 0.1) is 24.0 Å². The van der Waals surface area contributed by atoms with E-state index in [0.717, 1.165) is 0 Å². The fourth-order valence-electron chi connectivity index (χ4n) is 2.90. The number of hydrogen-bond acceptors (Lipinski definition) is 7. The zero-order valence-electron chi connectivity index (χ0n) is 18.4. The third kappa shape index (κ3) is 7.50. The molecule has 9 nitrogen and oxygen atoms in total. The molecule has 1 amide bonds. The highest BCUT2D eigenvalue weighted by Crippen LogP contribution is 2.15. The van der Waals surface area contributed by atoms with Crippen LogP contribution in [0, 0.1) is 10.1 Å². The topological polar surface area (TPSA) is 125 Å². The lowest BCUT2D eigenvalue weighted by atomic mass is 10.0. The van der Waals surface area contributed by atoms with Gasteiger partial charge in [-0.05, 0) is 44.0 Å². The van der Waals surface area contributed by atoms with E-state index >= 15 is 0 Å². The summed E-state index contributed by atoms with van der Waals surface area (Å²) in [5.74, 6) is -1.57. The van der Waals surface area contributed by atoms with Gasteiger partial charge in [-0.2, -0.15) is 0 Å². The second-order valence-corrected chi connectivity index (χ2v) is 8.15. The van der Waals surface area contributed by atoms with Gasteiger partial charge in [-0.1, -0.05) is 24.3 Å². The number of amides is 1. The number of carbonyl (C=O) groups is 3. The molecule has 0 aliphatic rings. The van der Waals surface area contributed by atoms with Crippen LogP contribution in [0.1, 0.15) is 42.3 Å². The first-order valence-corrected chi connectivity index (χ1v) is 9.91. The number of nitrogens with zero attached hydrogens (tertiary/aromatic N) is 1. The standard InChI is InChI=1S/C23H26N2O7/c1-23(2,3)32-21(27)17-10-8-15(9-11-17)13-19(22(28)31-4)24-20(26)14-16-6-5-7-18(12-16)25(29)30/h5-12,19H,13-14H2,1-4H3,(H,24,26)/t19-/m1/s1. The van der Waals surface area contributed by atoms with E-state index < -0.39 is 34.4 Å². The molecule has 0 aliphatic heterocycles. The average molecular weight is 442 g/mol. The van der Waals surface area contributed by atoms with E-state index in [1.54, 1.807) is 51.1 Å². The van der Waals surface area contributed by atoms with Crippen LogP contribution in [0.25, 0.3) is 0 Å². The molecule has 1 atom stereocenters. The molecule has 0 aromatic heterocycles. The minimum absolute atomic E-state index is 0.120. The zero-order valence-corrected chi connectivity index (χ0v) is 18.4. The largest absolute Gasteiger partial charge is 0.467 e. The normalized spacial score (nSPS) is 11.9. The molecule has 2 rings (SSSR count). The lowest BCUT2D eigenvalue weighted by molar-refractivity contribution is -0.384. The summed E-state index contributed by atoms with van der Waals surface area (Å²) < 4.78 is 10.1. The second-order valence-electron chi connectivity index (χ2n) is 8.15. The predicted molar refractivity (Wildman–Crippen MR) is 116 cm³/mol. The number of esters is 2. The Labute approximate surface area is 185 Å². The maximum Gasteiger partial charge on any atom is 0.338 e. The van der Waals surface area contributed by atoms with E-state index in [-0.39, 0.29) is 18.5 Å². The van der Waals surface area contributed by atoms with Gasteiger partial charge in [-0.25, -0.2) is 9.59 Å². The number of nitro benzene ring substituents is 1. The van der Waals surface area contributed by atoms with Crippen molar-refractivity contribution in [3.63, 3.8) is 0 Å². The van der Waals surface area contributed by atoms with Gasteiger partial charge < -0.3 is 14.8 Å². The molecule has 0 spiro atoms. The Kier molecular flexibility index (Phi) is 8.06. The summed E-state index contributed by atoms with van der Waals surface area (Å²) in [4.78, 5) is 47.1. The minimum Gasteiger partial charge on any atom is -0.467 e. The maximum absolute atomic E-state index is 12.4. The number of nitro groups is 1. The Hall–Kier alpha value is -3.75. The first kappa shape index (κ1) is 24.5. The van der Waals surface area contributed by atoms with Crippen LogP contribution in [0.5, 0.6) is 0 Å². The van der Waals surface area contributed by atoms with Crippen molar-refractivity contribution in [3.05, 3.63) is 75.3 Å². The van der Waals surface area contributed by atoms with Crippen molar-refractivity contribution in [2.24, 2.45) is 0 Å². The molecule has 0 unspecified atom stereocenters. The van der Waals surface area contributed by atoms with Crippen LogP contribution in [-0.2, 0) is 31.9 Å². The van der Waals surface area contributed by atoms with Gasteiger partial charge in [0.2, 0.25) is 5.91 Å². The van der Waals surface area contributed by atoms with Crippen molar-refractivity contribution < 1.29 is 28.8 Å². The molecule has 32 heavy (non-hydrogen) atoms. The quantitative estimate of drug-likeness (QED) is 0.378. The van der Waals surface area contributed by atoms with Crippen molar-refractivity contribution in [3.8, 4) is 0 Å². The summed E-state index contributed by atoms with van der Waals surface area (Å²) >= 11 is 0. The highest BCUT2D eigenvalue weighted by molar-refractivity contribution is 5.90. The lowest BCUT2D eigenvalue weighted by Gasteiger charge is -2.20. The smallest absolute Gasteiger partial charge is 0.338 e. The number of ether oxygens (including phenoxy) is 2. The predicted octanol–water partition coefficient (Wildman–Crippen LogP) is 2.99. The van der Waals surface area contributed by atoms with Gasteiger partial charge >= 0.3 is 11.9 Å². The molecular formula is C23H26N2O7. The van der Waals surface area contributed by atoms with Crippen LogP contribution in [-0.4, -0.2) is 41.5 Å². The Morgan fingerprint density at radius 1 is 1.06 bits per heavy atom. The Balaban J connectivity index is 2.06. The molecule has 0 aliphatic carbocycles. The van der Waals surface area contributed by atoms with E-state index in [2.05, 4.69) is 5.32 Å². The van der Waals surface area contributed by atoms with E-state index in [9.17, 15) is 24.5 Å². The summed E-state index contributed by atoms with van der Waals surface area (Å²) in [5.41, 5.74) is 0.776. The van der Waals surface area contributed by atoms with Gasteiger partial charge in [-0.3, -0.25) is 14.9 Å². The van der Waals surface area contributed by atoms with Crippen molar-refractivity contribution in [1.29, 1.82) is 0 Å². The fourth-order valence-corrected chi connectivity index (χ4v) is 2.90. The van der Waals surface area contributed by atoms with Crippen LogP contribution in [0.4, 0.5) is 5.69 Å². The summed E-state index contributed by atoms with van der Waals surface area (Å²) in [6.07, 6.45) is 0.00864. The number of hydrogen-bond donors (Lipinski definition) is 1. The molecular weight excluding hydrogens is 416 g/mol. The first-order chi connectivity index (χ1) is 15.0. The molecule has 0 fully saturated rings. The minimum atomic E-state index is -0.960. The van der Waals surface area contributed by atoms with E-state index in [0.29, 0.717) is 16.7 Å². The molecule has 9 heteroatoms. The van der Waals surface area contributed by atoms with Gasteiger partial charge in [0.25, 0.3) is 5.69 Å². The van der Waals surface area contributed by atoms with Crippen LogP contribution < -0.4 is 5.32 Å². The van der Waals surface area contributed by atoms with Gasteiger partial charge in [0.15, 0.2) is 0 Å². The average Bonchev–Trinajstić information content (AvgIpc) is 2.72. The van der Waals surface area contributed by atoms with Gasteiger partial charge in [-0.15, -0.1) is 0 Å². The molecule has 170 valence electrons. The molecule has 0 saturated carbocycles. The molecule has 1 N–H and O–H groups in total. The Morgan fingerprint density at radius 3 is 2.28 bits per heavy atom. The highest BCUT2D eigenvalue weighted by Gasteiger charge is 2.23. The fraction of sp³-hybridized carbons (Fsp3) is 0.348. The monoisotopic (exact) mass is 442 g/mol. The third-order valence-corrected chi connectivity index (χ3v) is 4.34. The summed E-state index contributed by atoms with van der Waals surface area (Å²) in [5, 5.41) is 13.5. The number of rotatable bonds is 8. The molecule has 2 aromatic carbocycles. The molecule has 0 radical (unpaired) electrons.